The van der Waals surface area contributed by atoms with Crippen molar-refractivity contribution in [3.63, 3.8) is 0 Å². The Morgan fingerprint density at radius 2 is 1.79 bits per heavy atom. The molecule has 1 aromatic heterocycles. The molecule has 0 saturated carbocycles. The lowest BCUT2D eigenvalue weighted by atomic mass is 9.98. The van der Waals surface area contributed by atoms with Crippen molar-refractivity contribution >= 4 is 11.4 Å². The highest BCUT2D eigenvalue weighted by atomic mass is 16.5. The van der Waals surface area contributed by atoms with Gasteiger partial charge in [0.15, 0.2) is 5.49 Å². The Bertz CT molecular complexity index is 690. The summed E-state index contributed by atoms with van der Waals surface area (Å²) in [5, 5.41) is 25.7. The molecule has 2 N–H and O–H groups in total. The first-order valence-electron chi connectivity index (χ1n) is 5.94. The minimum atomic E-state index is 0.368. The first-order valence-corrected chi connectivity index (χ1v) is 5.94. The van der Waals surface area contributed by atoms with Crippen LogP contribution in [0.5, 0.6) is 0 Å². The highest BCUT2D eigenvalue weighted by Crippen LogP contribution is 2.12. The van der Waals surface area contributed by atoms with Crippen molar-refractivity contribution in [1.82, 2.24) is 4.73 Å². The van der Waals surface area contributed by atoms with Crippen molar-refractivity contribution < 1.29 is 5.21 Å². The van der Waals surface area contributed by atoms with E-state index in [0.29, 0.717) is 22.6 Å². The maximum absolute atomic E-state index is 9.78. The Kier molecular flexibility index (Phi) is 3.46. The van der Waals surface area contributed by atoms with Gasteiger partial charge in [-0.1, -0.05) is 6.07 Å². The van der Waals surface area contributed by atoms with E-state index in [9.17, 15) is 5.21 Å². The van der Waals surface area contributed by atoms with Gasteiger partial charge in [0.05, 0.1) is 17.1 Å². The van der Waals surface area contributed by atoms with E-state index in [2.05, 4.69) is 10.2 Å². The van der Waals surface area contributed by atoms with Gasteiger partial charge in [0.1, 0.15) is 0 Å². The molecule has 0 aliphatic heterocycles. The second-order valence-electron chi connectivity index (χ2n) is 4.49. The molecule has 98 valence electrons. The molecule has 5 heteroatoms. The van der Waals surface area contributed by atoms with Gasteiger partial charge in [0.2, 0.25) is 0 Å². The fraction of sp³-hybridized carbons (Fsp3) is 0.214. The summed E-state index contributed by atoms with van der Waals surface area (Å²) < 4.78 is 0.991. The van der Waals surface area contributed by atoms with Crippen LogP contribution in [0.2, 0.25) is 0 Å². The molecule has 0 spiro atoms. The van der Waals surface area contributed by atoms with Gasteiger partial charge in [0.25, 0.3) is 0 Å². The van der Waals surface area contributed by atoms with Gasteiger partial charge in [-0.3, -0.25) is 0 Å². The number of aryl methyl sites for hydroxylation is 1. The normalized spacial score (nSPS) is 18.6. The number of allylic oxidation sites excluding steroid dienone is 4. The smallest absolute Gasteiger partial charge is 0.190 e. The number of rotatable bonds is 1. The Balaban J connectivity index is 2.46. The Labute approximate surface area is 111 Å². The lowest BCUT2D eigenvalue weighted by Gasteiger charge is -2.09. The van der Waals surface area contributed by atoms with Crippen LogP contribution in [0, 0.1) is 12.3 Å². The van der Waals surface area contributed by atoms with E-state index in [1.54, 1.807) is 31.2 Å². The monoisotopic (exact) mass is 256 g/mol. The Morgan fingerprint density at radius 3 is 2.53 bits per heavy atom. The molecule has 1 heterocycles. The van der Waals surface area contributed by atoms with Crippen molar-refractivity contribution in [3.8, 4) is 0 Å². The summed E-state index contributed by atoms with van der Waals surface area (Å²) in [5.74, 6) is 0. The molecular formula is C14H16N4O. The highest BCUT2D eigenvalue weighted by molar-refractivity contribution is 6.22. The second-order valence-corrected chi connectivity index (χ2v) is 4.49. The van der Waals surface area contributed by atoms with Gasteiger partial charge in [-0.15, -0.1) is 10.2 Å². The zero-order valence-electron chi connectivity index (χ0n) is 11.2. The molecular weight excluding hydrogens is 240 g/mol. The number of nitrogens with zero attached hydrogens (tertiary/aromatic N) is 3. The number of aromatic nitrogens is 1. The van der Waals surface area contributed by atoms with Gasteiger partial charge < -0.3 is 10.6 Å². The number of hydrogen-bond donors (Lipinski definition) is 2. The van der Waals surface area contributed by atoms with E-state index >= 15 is 0 Å². The average Bonchev–Trinajstić information content (AvgIpc) is 2.37. The van der Waals surface area contributed by atoms with Crippen LogP contribution in [0.3, 0.4) is 0 Å². The summed E-state index contributed by atoms with van der Waals surface area (Å²) in [6.45, 7) is 5.53. The van der Waals surface area contributed by atoms with Crippen molar-refractivity contribution in [2.45, 2.75) is 20.8 Å². The van der Waals surface area contributed by atoms with Crippen LogP contribution in [0.15, 0.2) is 51.7 Å². The van der Waals surface area contributed by atoms with Gasteiger partial charge in [-0.05, 0) is 56.2 Å². The van der Waals surface area contributed by atoms with Gasteiger partial charge in [0, 0.05) is 0 Å². The van der Waals surface area contributed by atoms with E-state index in [1.807, 2.05) is 19.9 Å². The Hall–Kier alpha value is -2.43. The standard InChI is InChI=1S/C14H16N4O/c1-9-8-13(10(2)7-12(9)15)16-17-14-6-4-5-11(3)18(14)19/h4-8,15,19H,1-3H3/b15-12?,16-13?,17-14+. The predicted octanol–water partition coefficient (Wildman–Crippen LogP) is 2.22. The van der Waals surface area contributed by atoms with Gasteiger partial charge in [-0.2, -0.15) is 4.73 Å². The van der Waals surface area contributed by atoms with Crippen LogP contribution < -0.4 is 5.49 Å². The van der Waals surface area contributed by atoms with E-state index in [1.165, 1.54) is 0 Å². The fourth-order valence-corrected chi connectivity index (χ4v) is 1.68. The molecule has 0 bridgehead atoms. The molecule has 0 fully saturated rings. The van der Waals surface area contributed by atoms with E-state index in [0.717, 1.165) is 15.9 Å². The van der Waals surface area contributed by atoms with Crippen LogP contribution in [0.1, 0.15) is 19.5 Å². The summed E-state index contributed by atoms with van der Waals surface area (Å²) in [7, 11) is 0. The minimum Gasteiger partial charge on any atom is -0.427 e. The molecule has 2 rings (SSSR count). The largest absolute Gasteiger partial charge is 0.427 e. The maximum Gasteiger partial charge on any atom is 0.190 e. The average molecular weight is 256 g/mol. The molecule has 1 aliphatic carbocycles. The molecule has 0 amide bonds. The van der Waals surface area contributed by atoms with Crippen molar-refractivity contribution in [1.29, 1.82) is 5.41 Å². The molecule has 0 aromatic carbocycles. The summed E-state index contributed by atoms with van der Waals surface area (Å²) in [4.78, 5) is 0. The molecule has 19 heavy (non-hydrogen) atoms. The third-order valence-corrected chi connectivity index (χ3v) is 2.94. The third kappa shape index (κ3) is 2.70. The Morgan fingerprint density at radius 1 is 1.05 bits per heavy atom. The summed E-state index contributed by atoms with van der Waals surface area (Å²) in [5.41, 5.74) is 3.98. The van der Waals surface area contributed by atoms with Crippen LogP contribution >= 0.6 is 0 Å². The quantitative estimate of drug-likeness (QED) is 0.451. The zero-order valence-corrected chi connectivity index (χ0v) is 11.2. The number of pyridine rings is 1. The minimum absolute atomic E-state index is 0.368. The van der Waals surface area contributed by atoms with Crippen LogP contribution in [0.4, 0.5) is 0 Å². The first-order chi connectivity index (χ1) is 8.99. The second kappa shape index (κ2) is 5.06. The predicted molar refractivity (Wildman–Crippen MR) is 74.6 cm³/mol. The molecule has 0 saturated heterocycles. The molecule has 0 unspecified atom stereocenters. The molecule has 1 aliphatic rings. The van der Waals surface area contributed by atoms with Crippen molar-refractivity contribution in [2.75, 3.05) is 0 Å². The SMILES string of the molecule is CC1=CC(=N/N=c2\cccc(C)n2O)C(C)=CC1=N. The van der Waals surface area contributed by atoms with E-state index < -0.39 is 0 Å². The van der Waals surface area contributed by atoms with Crippen LogP contribution in [-0.4, -0.2) is 21.4 Å². The highest BCUT2D eigenvalue weighted by Gasteiger charge is 2.09. The fourth-order valence-electron chi connectivity index (χ4n) is 1.68. The summed E-state index contributed by atoms with van der Waals surface area (Å²) >= 11 is 0. The maximum atomic E-state index is 9.78. The molecule has 5 nitrogen and oxygen atoms in total. The van der Waals surface area contributed by atoms with Gasteiger partial charge >= 0.3 is 0 Å². The van der Waals surface area contributed by atoms with Crippen LogP contribution in [-0.2, 0) is 0 Å². The zero-order chi connectivity index (χ0) is 14.0. The number of hydrogen-bond acceptors (Lipinski definition) is 4. The van der Waals surface area contributed by atoms with Gasteiger partial charge in [-0.25, -0.2) is 0 Å². The molecule has 0 radical (unpaired) electrons. The lowest BCUT2D eigenvalue weighted by molar-refractivity contribution is 0.165. The van der Waals surface area contributed by atoms with E-state index in [-0.39, 0.29) is 0 Å². The van der Waals surface area contributed by atoms with Crippen molar-refractivity contribution in [2.24, 2.45) is 10.2 Å². The van der Waals surface area contributed by atoms with Crippen LogP contribution in [0.25, 0.3) is 0 Å². The summed E-state index contributed by atoms with van der Waals surface area (Å²) in [6.07, 6.45) is 3.58. The lowest BCUT2D eigenvalue weighted by Crippen LogP contribution is -2.20. The van der Waals surface area contributed by atoms with E-state index in [4.69, 9.17) is 5.41 Å². The summed E-state index contributed by atoms with van der Waals surface area (Å²) in [6, 6.07) is 5.27. The molecule has 1 aromatic rings. The first kappa shape index (κ1) is 13.0. The third-order valence-electron chi connectivity index (χ3n) is 2.94. The number of nitrogens with one attached hydrogen (secondary N) is 1. The van der Waals surface area contributed by atoms with Crippen molar-refractivity contribution in [3.05, 3.63) is 52.7 Å². The molecule has 0 atom stereocenters. The topological polar surface area (TPSA) is 73.7 Å².